The Morgan fingerprint density at radius 1 is 1.19 bits per heavy atom. The lowest BCUT2D eigenvalue weighted by Gasteiger charge is -2.21. The van der Waals surface area contributed by atoms with Crippen LogP contribution in [0.5, 0.6) is 0 Å². The molecule has 0 heterocycles. The molecule has 0 bridgehead atoms. The third-order valence-corrected chi connectivity index (χ3v) is 4.08. The van der Waals surface area contributed by atoms with Gasteiger partial charge in [-0.05, 0) is 18.9 Å². The van der Waals surface area contributed by atoms with Crippen molar-refractivity contribution in [2.75, 3.05) is 6.54 Å². The zero-order chi connectivity index (χ0) is 15.2. The minimum Gasteiger partial charge on any atom is -0.313 e. The second-order valence-corrected chi connectivity index (χ2v) is 5.62. The predicted octanol–water partition coefficient (Wildman–Crippen LogP) is 3.93. The van der Waals surface area contributed by atoms with Crippen LogP contribution in [0.3, 0.4) is 0 Å². The van der Waals surface area contributed by atoms with Gasteiger partial charge in [-0.2, -0.15) is 4.39 Å². The molecule has 2 rings (SSSR count). The van der Waals surface area contributed by atoms with Gasteiger partial charge in [-0.3, -0.25) is 10.1 Å². The van der Waals surface area contributed by atoms with Crippen LogP contribution in [0.1, 0.15) is 44.1 Å². The van der Waals surface area contributed by atoms with Gasteiger partial charge in [0.1, 0.15) is 5.82 Å². The Balaban J connectivity index is 1.85. The van der Waals surface area contributed by atoms with Gasteiger partial charge in [0.05, 0.1) is 4.92 Å². The molecular weight excluding hydrogens is 278 g/mol. The van der Waals surface area contributed by atoms with E-state index in [-0.39, 0.29) is 12.1 Å². The Morgan fingerprint density at radius 3 is 2.57 bits per heavy atom. The van der Waals surface area contributed by atoms with Gasteiger partial charge in [-0.25, -0.2) is 4.39 Å². The second-order valence-electron chi connectivity index (χ2n) is 5.62. The number of nitro groups is 1. The van der Waals surface area contributed by atoms with Crippen molar-refractivity contribution in [2.24, 2.45) is 5.92 Å². The Kier molecular flexibility index (Phi) is 5.61. The highest BCUT2D eigenvalue weighted by Crippen LogP contribution is 2.26. The molecule has 116 valence electrons. The number of benzene rings is 1. The fourth-order valence-electron chi connectivity index (χ4n) is 2.86. The van der Waals surface area contributed by atoms with Crippen molar-refractivity contribution < 1.29 is 13.7 Å². The summed E-state index contributed by atoms with van der Waals surface area (Å²) in [6.45, 7) is 0.926. The number of hydrogen-bond acceptors (Lipinski definition) is 3. The first kappa shape index (κ1) is 15.8. The summed E-state index contributed by atoms with van der Waals surface area (Å²) in [6, 6.07) is 1.55. The quantitative estimate of drug-likeness (QED) is 0.492. The molecule has 1 fully saturated rings. The molecule has 0 spiro atoms. The van der Waals surface area contributed by atoms with Crippen LogP contribution in [-0.4, -0.2) is 11.5 Å². The first-order chi connectivity index (χ1) is 10.1. The van der Waals surface area contributed by atoms with E-state index in [2.05, 4.69) is 5.32 Å². The topological polar surface area (TPSA) is 55.2 Å². The molecule has 1 aliphatic rings. The molecule has 0 aromatic heterocycles. The summed E-state index contributed by atoms with van der Waals surface area (Å²) in [4.78, 5) is 9.81. The Morgan fingerprint density at radius 2 is 1.90 bits per heavy atom. The molecule has 6 heteroatoms. The van der Waals surface area contributed by atoms with E-state index in [1.54, 1.807) is 0 Å². The largest absolute Gasteiger partial charge is 0.313 e. The molecule has 0 radical (unpaired) electrons. The maximum Gasteiger partial charge on any atom is 0.305 e. The van der Waals surface area contributed by atoms with Gasteiger partial charge in [-0.15, -0.1) is 0 Å². The fraction of sp³-hybridized carbons (Fsp3) is 0.600. The van der Waals surface area contributed by atoms with Gasteiger partial charge in [0, 0.05) is 24.2 Å². The second kappa shape index (κ2) is 7.45. The molecule has 1 N–H and O–H groups in total. The van der Waals surface area contributed by atoms with E-state index >= 15 is 0 Å². The van der Waals surface area contributed by atoms with Crippen LogP contribution in [0.2, 0.25) is 0 Å². The van der Waals surface area contributed by atoms with Crippen LogP contribution in [0.25, 0.3) is 0 Å². The van der Waals surface area contributed by atoms with Crippen LogP contribution < -0.4 is 5.32 Å². The van der Waals surface area contributed by atoms with Crippen LogP contribution in [0.15, 0.2) is 12.1 Å². The monoisotopic (exact) mass is 298 g/mol. The Bertz CT molecular complexity index is 503. The third-order valence-electron chi connectivity index (χ3n) is 4.08. The molecule has 4 nitrogen and oxygen atoms in total. The summed E-state index contributed by atoms with van der Waals surface area (Å²) in [5.74, 6) is -1.16. The van der Waals surface area contributed by atoms with Gasteiger partial charge in [0.25, 0.3) is 0 Å². The summed E-state index contributed by atoms with van der Waals surface area (Å²) in [6.07, 6.45) is 7.41. The highest BCUT2D eigenvalue weighted by Gasteiger charge is 2.18. The number of nitro benzene ring substituents is 1. The summed E-state index contributed by atoms with van der Waals surface area (Å²) < 4.78 is 26.8. The minimum absolute atomic E-state index is 0.131. The number of hydrogen-bond donors (Lipinski definition) is 1. The van der Waals surface area contributed by atoms with Gasteiger partial charge >= 0.3 is 5.69 Å². The molecule has 1 saturated carbocycles. The molecule has 21 heavy (non-hydrogen) atoms. The van der Waals surface area contributed by atoms with Gasteiger partial charge in [-0.1, -0.05) is 32.1 Å². The van der Waals surface area contributed by atoms with Crippen LogP contribution in [0, 0.1) is 27.7 Å². The van der Waals surface area contributed by atoms with Crippen molar-refractivity contribution in [3.05, 3.63) is 39.4 Å². The van der Waals surface area contributed by atoms with Gasteiger partial charge in [0.15, 0.2) is 0 Å². The van der Waals surface area contributed by atoms with Crippen molar-refractivity contribution in [3.8, 4) is 0 Å². The molecular formula is C15H20F2N2O2. The van der Waals surface area contributed by atoms with Crippen LogP contribution >= 0.6 is 0 Å². The lowest BCUT2D eigenvalue weighted by Crippen LogP contribution is -2.19. The summed E-state index contributed by atoms with van der Waals surface area (Å²) in [5, 5.41) is 13.7. The fourth-order valence-corrected chi connectivity index (χ4v) is 2.86. The SMILES string of the molecule is O=[N+]([O-])c1cc(CNCCC2CCCCC2)c(F)cc1F. The van der Waals surface area contributed by atoms with Gasteiger partial charge < -0.3 is 5.32 Å². The minimum atomic E-state index is -1.14. The third kappa shape index (κ3) is 4.46. The average molecular weight is 298 g/mol. The lowest BCUT2D eigenvalue weighted by atomic mass is 9.87. The highest BCUT2D eigenvalue weighted by molar-refractivity contribution is 5.37. The van der Waals surface area contributed by atoms with Crippen LogP contribution in [0.4, 0.5) is 14.5 Å². The van der Waals surface area contributed by atoms with E-state index in [0.29, 0.717) is 6.07 Å². The first-order valence-corrected chi connectivity index (χ1v) is 7.41. The Labute approximate surface area is 122 Å². The Hall–Kier alpha value is -1.56. The van der Waals surface area contributed by atoms with Crippen molar-refractivity contribution in [3.63, 3.8) is 0 Å². The van der Waals surface area contributed by atoms with E-state index in [9.17, 15) is 18.9 Å². The zero-order valence-electron chi connectivity index (χ0n) is 11.9. The normalized spacial score (nSPS) is 16.1. The molecule has 1 aromatic rings. The zero-order valence-corrected chi connectivity index (χ0v) is 11.9. The van der Waals surface area contributed by atoms with E-state index in [1.165, 1.54) is 32.1 Å². The predicted molar refractivity (Wildman–Crippen MR) is 75.9 cm³/mol. The summed E-state index contributed by atoms with van der Waals surface area (Å²) >= 11 is 0. The number of rotatable bonds is 6. The number of halogens is 2. The maximum absolute atomic E-state index is 13.6. The molecule has 0 aliphatic heterocycles. The molecule has 0 saturated heterocycles. The summed E-state index contributed by atoms with van der Waals surface area (Å²) in [7, 11) is 0. The van der Waals surface area contributed by atoms with E-state index < -0.39 is 22.2 Å². The maximum atomic E-state index is 13.6. The van der Waals surface area contributed by atoms with Crippen molar-refractivity contribution in [2.45, 2.75) is 45.1 Å². The van der Waals surface area contributed by atoms with E-state index in [1.807, 2.05) is 0 Å². The number of nitrogens with zero attached hydrogens (tertiary/aromatic N) is 1. The molecule has 1 aliphatic carbocycles. The molecule has 0 unspecified atom stereocenters. The first-order valence-electron chi connectivity index (χ1n) is 7.41. The molecule has 0 atom stereocenters. The molecule has 1 aromatic carbocycles. The molecule has 0 amide bonds. The lowest BCUT2D eigenvalue weighted by molar-refractivity contribution is -0.387. The van der Waals surface area contributed by atoms with E-state index in [0.717, 1.165) is 24.9 Å². The van der Waals surface area contributed by atoms with Crippen molar-refractivity contribution >= 4 is 5.69 Å². The summed E-state index contributed by atoms with van der Waals surface area (Å²) in [5.41, 5.74) is -0.549. The average Bonchev–Trinajstić information content (AvgIpc) is 2.46. The van der Waals surface area contributed by atoms with E-state index in [4.69, 9.17) is 0 Å². The van der Waals surface area contributed by atoms with Crippen molar-refractivity contribution in [1.29, 1.82) is 0 Å². The van der Waals surface area contributed by atoms with Crippen LogP contribution in [-0.2, 0) is 6.54 Å². The smallest absolute Gasteiger partial charge is 0.305 e. The number of nitrogens with one attached hydrogen (secondary N) is 1. The van der Waals surface area contributed by atoms with Crippen molar-refractivity contribution in [1.82, 2.24) is 5.32 Å². The standard InChI is InChI=1S/C15H20F2N2O2/c16-13-9-14(17)15(19(20)21)8-12(13)10-18-7-6-11-4-2-1-3-5-11/h8-9,11,18H,1-7,10H2. The van der Waals surface area contributed by atoms with Gasteiger partial charge in [0.2, 0.25) is 5.82 Å². The highest BCUT2D eigenvalue weighted by atomic mass is 19.1.